The molecule has 2 aliphatic carbocycles. The number of aromatic nitrogens is 4. The van der Waals surface area contributed by atoms with E-state index >= 15 is 0 Å². The first-order valence-electron chi connectivity index (χ1n) is 13.7. The van der Waals surface area contributed by atoms with Crippen molar-refractivity contribution in [2.75, 3.05) is 6.54 Å². The van der Waals surface area contributed by atoms with E-state index in [9.17, 15) is 14.7 Å². The molecule has 208 valence electrons. The minimum atomic E-state index is -1.28. The molecule has 2 aliphatic rings. The van der Waals surface area contributed by atoms with Crippen LogP contribution in [0.25, 0.3) is 33.7 Å². The standard InChI is InChI=1S/C29H30BrN5O5/c30-24-22-15-18(11-12-23(22)39-25(24)20-9-3-4-10-21(20)26-31-33-34-32-26)16-35(27(36)19-7-1-2-8-19)17-29(40-28(37)38)13-5-6-14-29/h3-4,9-12,15,19H,1-2,5-8,13-14,16-17H2,(H,37,38)(H,31,32,33,34). The largest absolute Gasteiger partial charge is 0.506 e. The number of ether oxygens (including phenoxy) is 1. The molecule has 2 heterocycles. The number of tetrazole rings is 1. The third-order valence-electron chi connectivity index (χ3n) is 8.15. The first kappa shape index (κ1) is 26.5. The van der Waals surface area contributed by atoms with Crippen LogP contribution in [0.4, 0.5) is 4.79 Å². The average Bonchev–Trinajstić information content (AvgIpc) is 3.76. The van der Waals surface area contributed by atoms with Crippen LogP contribution in [0.1, 0.15) is 56.9 Å². The second-order valence-corrected chi connectivity index (χ2v) is 11.6. The molecular formula is C29H30BrN5O5. The Hall–Kier alpha value is -3.73. The summed E-state index contributed by atoms with van der Waals surface area (Å²) in [5, 5.41) is 24.6. The van der Waals surface area contributed by atoms with E-state index in [1.807, 2.05) is 47.4 Å². The molecular weight excluding hydrogens is 578 g/mol. The van der Waals surface area contributed by atoms with Crippen LogP contribution in [0.5, 0.6) is 0 Å². The number of furan rings is 1. The van der Waals surface area contributed by atoms with Gasteiger partial charge in [0.05, 0.1) is 11.0 Å². The molecule has 2 fully saturated rings. The number of carbonyl (C=O) groups excluding carboxylic acids is 1. The Morgan fingerprint density at radius 2 is 1.85 bits per heavy atom. The molecule has 4 aromatic rings. The van der Waals surface area contributed by atoms with Crippen LogP contribution in [0, 0.1) is 5.92 Å². The lowest BCUT2D eigenvalue weighted by Gasteiger charge is -2.35. The van der Waals surface area contributed by atoms with Crippen molar-refractivity contribution in [3.05, 3.63) is 52.5 Å². The van der Waals surface area contributed by atoms with Gasteiger partial charge in [0.25, 0.3) is 0 Å². The molecule has 2 aromatic carbocycles. The van der Waals surface area contributed by atoms with Crippen molar-refractivity contribution in [2.45, 2.75) is 63.5 Å². The van der Waals surface area contributed by atoms with Gasteiger partial charge < -0.3 is 19.2 Å². The zero-order chi connectivity index (χ0) is 27.7. The topological polar surface area (TPSA) is 134 Å². The number of hydrogen-bond acceptors (Lipinski definition) is 7. The van der Waals surface area contributed by atoms with Crippen LogP contribution >= 0.6 is 15.9 Å². The molecule has 0 saturated heterocycles. The van der Waals surface area contributed by atoms with Crippen molar-refractivity contribution >= 4 is 39.0 Å². The maximum Gasteiger partial charge on any atom is 0.506 e. The van der Waals surface area contributed by atoms with Crippen LogP contribution < -0.4 is 0 Å². The first-order chi connectivity index (χ1) is 19.4. The third kappa shape index (κ3) is 5.22. The molecule has 0 aliphatic heterocycles. The van der Waals surface area contributed by atoms with E-state index in [4.69, 9.17) is 9.15 Å². The highest BCUT2D eigenvalue weighted by molar-refractivity contribution is 9.10. The second kappa shape index (κ2) is 11.0. The summed E-state index contributed by atoms with van der Waals surface area (Å²) in [5.74, 6) is 1.24. The lowest BCUT2D eigenvalue weighted by molar-refractivity contribution is -0.140. The van der Waals surface area contributed by atoms with Gasteiger partial charge in [-0.2, -0.15) is 0 Å². The quantitative estimate of drug-likeness (QED) is 0.215. The number of aromatic amines is 1. The summed E-state index contributed by atoms with van der Waals surface area (Å²) >= 11 is 3.75. The Morgan fingerprint density at radius 1 is 1.10 bits per heavy atom. The molecule has 2 N–H and O–H groups in total. The molecule has 10 nitrogen and oxygen atoms in total. The second-order valence-electron chi connectivity index (χ2n) is 10.8. The fraction of sp³-hybridized carbons (Fsp3) is 0.414. The van der Waals surface area contributed by atoms with Gasteiger partial charge in [0, 0.05) is 29.0 Å². The summed E-state index contributed by atoms with van der Waals surface area (Å²) in [6, 6.07) is 13.6. The molecule has 6 rings (SSSR count). The number of hydrogen-bond donors (Lipinski definition) is 2. The van der Waals surface area contributed by atoms with Crippen LogP contribution in [-0.2, 0) is 16.1 Å². The van der Waals surface area contributed by atoms with Crippen LogP contribution in [0.2, 0.25) is 0 Å². The lowest BCUT2D eigenvalue weighted by atomic mass is 9.98. The summed E-state index contributed by atoms with van der Waals surface area (Å²) in [6.07, 6.45) is 5.59. The molecule has 2 aromatic heterocycles. The highest BCUT2D eigenvalue weighted by Gasteiger charge is 2.42. The predicted octanol–water partition coefficient (Wildman–Crippen LogP) is 6.57. The van der Waals surface area contributed by atoms with Gasteiger partial charge in [0.2, 0.25) is 5.91 Å². The summed E-state index contributed by atoms with van der Waals surface area (Å²) in [6.45, 7) is 0.631. The van der Waals surface area contributed by atoms with Crippen molar-refractivity contribution in [1.29, 1.82) is 0 Å². The van der Waals surface area contributed by atoms with E-state index in [0.29, 0.717) is 36.6 Å². The minimum absolute atomic E-state index is 0.0265. The van der Waals surface area contributed by atoms with Crippen molar-refractivity contribution in [3.63, 3.8) is 0 Å². The number of fused-ring (bicyclic) bond motifs is 1. The monoisotopic (exact) mass is 607 g/mol. The summed E-state index contributed by atoms with van der Waals surface area (Å²) in [4.78, 5) is 27.1. The summed E-state index contributed by atoms with van der Waals surface area (Å²) in [7, 11) is 0. The number of halogens is 1. The van der Waals surface area contributed by atoms with E-state index in [1.54, 1.807) is 0 Å². The lowest BCUT2D eigenvalue weighted by Crippen LogP contribution is -2.47. The maximum atomic E-state index is 13.7. The average molecular weight is 608 g/mol. The van der Waals surface area contributed by atoms with Gasteiger partial charge in [-0.1, -0.05) is 43.2 Å². The highest BCUT2D eigenvalue weighted by Crippen LogP contribution is 2.42. The van der Waals surface area contributed by atoms with Crippen molar-refractivity contribution in [1.82, 2.24) is 25.5 Å². The molecule has 0 spiro atoms. The molecule has 11 heteroatoms. The Kier molecular flexibility index (Phi) is 7.31. The fourth-order valence-corrected chi connectivity index (χ4v) is 6.86. The van der Waals surface area contributed by atoms with Crippen LogP contribution in [-0.4, -0.2) is 54.8 Å². The van der Waals surface area contributed by atoms with E-state index < -0.39 is 11.8 Å². The van der Waals surface area contributed by atoms with Gasteiger partial charge in [-0.05, 0) is 82.6 Å². The molecule has 2 saturated carbocycles. The number of carbonyl (C=O) groups is 2. The van der Waals surface area contributed by atoms with Crippen LogP contribution in [0.3, 0.4) is 0 Å². The maximum absolute atomic E-state index is 13.7. The first-order valence-corrected chi connectivity index (χ1v) is 14.5. The molecule has 1 amide bonds. The normalized spacial score (nSPS) is 16.9. The minimum Gasteiger partial charge on any atom is -0.455 e. The number of amides is 1. The van der Waals surface area contributed by atoms with Gasteiger partial charge in [0.1, 0.15) is 16.9 Å². The summed E-state index contributed by atoms with van der Waals surface area (Å²) in [5.41, 5.74) is 2.42. The number of rotatable bonds is 8. The SMILES string of the molecule is O=C(O)OC1(CN(Cc2ccc3oc(-c4ccccc4-c4nnn[nH]4)c(Br)c3c2)C(=O)C2CCCC2)CCCC1. The van der Waals surface area contributed by atoms with Gasteiger partial charge in [0.15, 0.2) is 5.82 Å². The predicted molar refractivity (Wildman–Crippen MR) is 150 cm³/mol. The highest BCUT2D eigenvalue weighted by atomic mass is 79.9. The van der Waals surface area contributed by atoms with E-state index in [1.165, 1.54) is 0 Å². The zero-order valence-corrected chi connectivity index (χ0v) is 23.5. The molecule has 0 radical (unpaired) electrons. The van der Waals surface area contributed by atoms with E-state index in [-0.39, 0.29) is 18.4 Å². The third-order valence-corrected chi connectivity index (χ3v) is 8.94. The van der Waals surface area contributed by atoms with Crippen LogP contribution in [0.15, 0.2) is 51.4 Å². The van der Waals surface area contributed by atoms with E-state index in [0.717, 1.165) is 65.1 Å². The molecule has 0 bridgehead atoms. The van der Waals surface area contributed by atoms with E-state index in [2.05, 4.69) is 36.6 Å². The number of benzene rings is 2. The molecule has 40 heavy (non-hydrogen) atoms. The summed E-state index contributed by atoms with van der Waals surface area (Å²) < 4.78 is 12.5. The van der Waals surface area contributed by atoms with Crippen molar-refractivity contribution in [3.8, 4) is 22.7 Å². The van der Waals surface area contributed by atoms with Gasteiger partial charge in [-0.3, -0.25) is 4.79 Å². The fourth-order valence-electron chi connectivity index (χ4n) is 6.26. The zero-order valence-electron chi connectivity index (χ0n) is 21.9. The molecule has 0 atom stereocenters. The Balaban J connectivity index is 1.33. The Morgan fingerprint density at radius 3 is 2.55 bits per heavy atom. The number of nitrogens with zero attached hydrogens (tertiary/aromatic N) is 4. The van der Waals surface area contributed by atoms with Crippen molar-refractivity contribution in [2.24, 2.45) is 5.92 Å². The Bertz CT molecular complexity index is 1520. The van der Waals surface area contributed by atoms with Gasteiger partial charge in [-0.15, -0.1) is 5.10 Å². The number of H-pyrrole nitrogens is 1. The number of nitrogens with one attached hydrogen (secondary N) is 1. The van der Waals surface area contributed by atoms with Crippen molar-refractivity contribution < 1.29 is 23.8 Å². The Labute approximate surface area is 239 Å². The van der Waals surface area contributed by atoms with Gasteiger partial charge in [-0.25, -0.2) is 9.89 Å². The molecule has 0 unspecified atom stereocenters. The smallest absolute Gasteiger partial charge is 0.455 e. The van der Waals surface area contributed by atoms with Gasteiger partial charge >= 0.3 is 6.16 Å². The number of carboxylic acid groups (broad SMARTS) is 1.